The second-order valence-corrected chi connectivity index (χ2v) is 7.50. The summed E-state index contributed by atoms with van der Waals surface area (Å²) in [5, 5.41) is 13.7. The van der Waals surface area contributed by atoms with Crippen molar-refractivity contribution in [3.63, 3.8) is 0 Å². The first kappa shape index (κ1) is 18.2. The number of benzene rings is 2. The standard InChI is InChI=1S/C20H14ClN3O3S/c21-13-5-7-14(8-6-13)23-18(25)11-24-19(26)17(28-20(24)27)9-12-10-22-16-4-2-1-3-15(12)16/h1-10,26H,11H2,(H,23,25)/b12-9+. The van der Waals surface area contributed by atoms with Crippen molar-refractivity contribution in [1.82, 2.24) is 4.57 Å². The quantitative estimate of drug-likeness (QED) is 0.676. The first-order valence-corrected chi connectivity index (χ1v) is 9.54. The summed E-state index contributed by atoms with van der Waals surface area (Å²) in [5.41, 5.74) is 3.11. The van der Waals surface area contributed by atoms with Crippen molar-refractivity contribution in [2.75, 3.05) is 5.32 Å². The largest absolute Gasteiger partial charge is 0.493 e. The number of aromatic hydroxyl groups is 1. The van der Waals surface area contributed by atoms with Gasteiger partial charge < -0.3 is 10.4 Å². The third-order valence-corrected chi connectivity index (χ3v) is 5.34. The van der Waals surface area contributed by atoms with Crippen molar-refractivity contribution in [3.05, 3.63) is 73.7 Å². The van der Waals surface area contributed by atoms with Gasteiger partial charge in [-0.15, -0.1) is 0 Å². The fraction of sp³-hybridized carbons (Fsp3) is 0.0500. The van der Waals surface area contributed by atoms with Gasteiger partial charge in [-0.25, -0.2) is 0 Å². The normalized spacial score (nSPS) is 13.7. The Morgan fingerprint density at radius 2 is 1.96 bits per heavy atom. The Morgan fingerprint density at radius 3 is 2.75 bits per heavy atom. The Morgan fingerprint density at radius 1 is 1.21 bits per heavy atom. The number of amides is 1. The molecule has 2 aromatic carbocycles. The predicted molar refractivity (Wildman–Crippen MR) is 113 cm³/mol. The number of carbonyl (C=O) groups excluding carboxylic acids is 1. The van der Waals surface area contributed by atoms with E-state index in [2.05, 4.69) is 10.3 Å². The highest BCUT2D eigenvalue weighted by molar-refractivity contribution is 7.10. The van der Waals surface area contributed by atoms with Gasteiger partial charge in [0.15, 0.2) is 0 Å². The van der Waals surface area contributed by atoms with Crippen molar-refractivity contribution in [1.29, 1.82) is 0 Å². The number of carbonyl (C=O) groups is 1. The second-order valence-electron chi connectivity index (χ2n) is 6.07. The molecule has 0 unspecified atom stereocenters. The zero-order chi connectivity index (χ0) is 19.7. The van der Waals surface area contributed by atoms with Crippen LogP contribution in [0.5, 0.6) is 5.88 Å². The van der Waals surface area contributed by atoms with E-state index in [0.29, 0.717) is 15.6 Å². The van der Waals surface area contributed by atoms with Gasteiger partial charge in [-0.3, -0.25) is 19.1 Å². The van der Waals surface area contributed by atoms with Gasteiger partial charge in [0.25, 0.3) is 0 Å². The number of nitrogens with one attached hydrogen (secondary N) is 1. The lowest BCUT2D eigenvalue weighted by Crippen LogP contribution is -2.24. The molecular weight excluding hydrogens is 398 g/mol. The van der Waals surface area contributed by atoms with Gasteiger partial charge in [-0.05, 0) is 36.4 Å². The number of thiazole rings is 1. The number of fused-ring (bicyclic) bond motifs is 1. The van der Waals surface area contributed by atoms with Crippen LogP contribution in [-0.4, -0.2) is 21.8 Å². The molecule has 8 heteroatoms. The predicted octanol–water partition coefficient (Wildman–Crippen LogP) is 4.16. The first-order chi connectivity index (χ1) is 13.5. The monoisotopic (exact) mass is 411 g/mol. The van der Waals surface area contributed by atoms with E-state index in [4.69, 9.17) is 11.6 Å². The average molecular weight is 412 g/mol. The number of anilines is 1. The highest BCUT2D eigenvalue weighted by atomic mass is 35.5. The third-order valence-electron chi connectivity index (χ3n) is 4.17. The number of aromatic nitrogens is 1. The van der Waals surface area contributed by atoms with Gasteiger partial charge in [-0.2, -0.15) is 0 Å². The molecule has 1 amide bonds. The Kier molecular flexibility index (Phi) is 4.85. The lowest BCUT2D eigenvalue weighted by molar-refractivity contribution is -0.116. The Balaban J connectivity index is 1.56. The van der Waals surface area contributed by atoms with E-state index >= 15 is 0 Å². The number of halogens is 1. The van der Waals surface area contributed by atoms with Crippen molar-refractivity contribution in [3.8, 4) is 5.88 Å². The van der Waals surface area contributed by atoms with Crippen LogP contribution in [-0.2, 0) is 11.3 Å². The minimum Gasteiger partial charge on any atom is -0.493 e. The highest BCUT2D eigenvalue weighted by Gasteiger charge is 2.18. The minimum atomic E-state index is -0.426. The van der Waals surface area contributed by atoms with Crippen LogP contribution < -0.4 is 10.2 Å². The molecule has 1 aromatic heterocycles. The molecule has 0 aliphatic carbocycles. The summed E-state index contributed by atoms with van der Waals surface area (Å²) < 4.78 is 1.04. The molecule has 28 heavy (non-hydrogen) atoms. The van der Waals surface area contributed by atoms with E-state index in [-0.39, 0.29) is 12.4 Å². The SMILES string of the molecule is O=C(Cn1c(O)c(/C=C2\C=Nc3ccccc32)sc1=O)Nc1ccc(Cl)cc1. The summed E-state index contributed by atoms with van der Waals surface area (Å²) in [6, 6.07) is 14.2. The lowest BCUT2D eigenvalue weighted by atomic mass is 10.1. The fourth-order valence-electron chi connectivity index (χ4n) is 2.82. The summed E-state index contributed by atoms with van der Waals surface area (Å²) in [6.07, 6.45) is 3.39. The molecular formula is C20H14ClN3O3S. The van der Waals surface area contributed by atoms with Crippen molar-refractivity contribution in [2.24, 2.45) is 4.99 Å². The van der Waals surface area contributed by atoms with E-state index in [1.54, 1.807) is 36.6 Å². The van der Waals surface area contributed by atoms with Gasteiger partial charge in [0.2, 0.25) is 11.8 Å². The van der Waals surface area contributed by atoms with Crippen LogP contribution in [0.1, 0.15) is 10.4 Å². The fourth-order valence-corrected chi connectivity index (χ4v) is 3.78. The number of para-hydroxylation sites is 1. The van der Waals surface area contributed by atoms with Crippen LogP contribution >= 0.6 is 22.9 Å². The number of nitrogens with zero attached hydrogens (tertiary/aromatic N) is 2. The summed E-state index contributed by atoms with van der Waals surface area (Å²) in [5.74, 6) is -0.670. The van der Waals surface area contributed by atoms with Gasteiger partial charge in [-0.1, -0.05) is 41.1 Å². The minimum absolute atomic E-state index is 0.244. The molecule has 0 saturated heterocycles. The van der Waals surface area contributed by atoms with Crippen LogP contribution in [0.4, 0.5) is 11.4 Å². The number of aliphatic imine (C=N–C) groups is 1. The summed E-state index contributed by atoms with van der Waals surface area (Å²) in [7, 11) is 0. The average Bonchev–Trinajstić information content (AvgIpc) is 3.20. The van der Waals surface area contributed by atoms with E-state index in [9.17, 15) is 14.7 Å². The molecule has 0 bridgehead atoms. The highest BCUT2D eigenvalue weighted by Crippen LogP contribution is 2.34. The molecule has 3 aromatic rings. The molecule has 0 fully saturated rings. The van der Waals surface area contributed by atoms with Crippen molar-refractivity contribution < 1.29 is 9.90 Å². The van der Waals surface area contributed by atoms with Crippen LogP contribution in [0, 0.1) is 0 Å². The van der Waals surface area contributed by atoms with Gasteiger partial charge in [0, 0.05) is 28.1 Å². The van der Waals surface area contributed by atoms with Gasteiger partial charge in [0.05, 0.1) is 10.6 Å². The zero-order valence-electron chi connectivity index (χ0n) is 14.4. The molecule has 0 spiro atoms. The molecule has 4 rings (SSSR count). The van der Waals surface area contributed by atoms with Crippen LogP contribution in [0.15, 0.2) is 58.3 Å². The molecule has 1 aliphatic heterocycles. The molecule has 6 nitrogen and oxygen atoms in total. The smallest absolute Gasteiger partial charge is 0.311 e. The van der Waals surface area contributed by atoms with E-state index in [0.717, 1.165) is 32.7 Å². The van der Waals surface area contributed by atoms with E-state index in [1.165, 1.54) is 0 Å². The topological polar surface area (TPSA) is 83.7 Å². The zero-order valence-corrected chi connectivity index (χ0v) is 16.0. The molecule has 0 radical (unpaired) electrons. The Bertz CT molecular complexity index is 1180. The molecule has 0 saturated carbocycles. The van der Waals surface area contributed by atoms with Crippen LogP contribution in [0.25, 0.3) is 11.6 Å². The Hall–Kier alpha value is -3.16. The molecule has 2 heterocycles. The number of rotatable bonds is 4. The molecule has 140 valence electrons. The number of hydrogen-bond donors (Lipinski definition) is 2. The maximum Gasteiger partial charge on any atom is 0.311 e. The van der Waals surface area contributed by atoms with E-state index in [1.807, 2.05) is 24.3 Å². The second kappa shape index (κ2) is 7.46. The van der Waals surface area contributed by atoms with Gasteiger partial charge in [0.1, 0.15) is 6.54 Å². The first-order valence-electron chi connectivity index (χ1n) is 8.34. The van der Waals surface area contributed by atoms with Gasteiger partial charge >= 0.3 is 4.87 Å². The van der Waals surface area contributed by atoms with Crippen LogP contribution in [0.3, 0.4) is 0 Å². The summed E-state index contributed by atoms with van der Waals surface area (Å²) in [4.78, 5) is 28.8. The third kappa shape index (κ3) is 3.62. The summed E-state index contributed by atoms with van der Waals surface area (Å²) in [6.45, 7) is -0.294. The Labute approximate surface area is 169 Å². The van der Waals surface area contributed by atoms with E-state index < -0.39 is 10.8 Å². The maximum atomic E-state index is 12.3. The number of hydrogen-bond acceptors (Lipinski definition) is 5. The lowest BCUT2D eigenvalue weighted by Gasteiger charge is -2.06. The van der Waals surface area contributed by atoms with Crippen molar-refractivity contribution >= 4 is 58.1 Å². The molecule has 0 atom stereocenters. The summed E-state index contributed by atoms with van der Waals surface area (Å²) >= 11 is 6.69. The maximum absolute atomic E-state index is 12.3. The van der Waals surface area contributed by atoms with Crippen molar-refractivity contribution in [2.45, 2.75) is 6.54 Å². The number of allylic oxidation sites excluding steroid dienone is 1. The molecule has 1 aliphatic rings. The van der Waals surface area contributed by atoms with Crippen LogP contribution in [0.2, 0.25) is 5.02 Å². The molecule has 2 N–H and O–H groups in total.